The summed E-state index contributed by atoms with van der Waals surface area (Å²) < 4.78 is 4.89. The van der Waals surface area contributed by atoms with Crippen molar-refractivity contribution in [2.45, 2.75) is 48.0 Å². The quantitative estimate of drug-likeness (QED) is 0.347. The first-order valence-electron chi connectivity index (χ1n) is 8.52. The Balaban J connectivity index is 2.75. The third kappa shape index (κ3) is 6.57. The van der Waals surface area contributed by atoms with E-state index in [0.717, 1.165) is 12.0 Å². The van der Waals surface area contributed by atoms with Gasteiger partial charge in [-0.15, -0.1) is 0 Å². The van der Waals surface area contributed by atoms with E-state index in [2.05, 4.69) is 52.0 Å². The topological polar surface area (TPSA) is 26.3 Å². The summed E-state index contributed by atoms with van der Waals surface area (Å²) in [6.07, 6.45) is 17.3. The Morgan fingerprint density at radius 3 is 2.58 bits per heavy atom. The molecule has 0 saturated heterocycles. The van der Waals surface area contributed by atoms with Gasteiger partial charge in [0, 0.05) is 6.08 Å². The Morgan fingerprint density at radius 2 is 1.96 bits per heavy atom. The summed E-state index contributed by atoms with van der Waals surface area (Å²) in [7, 11) is 0. The molecule has 0 spiro atoms. The zero-order valence-electron chi connectivity index (χ0n) is 15.8. The Hall–Kier alpha value is -2.09. The Labute approximate surface area is 147 Å². The average molecular weight is 326 g/mol. The fourth-order valence-electron chi connectivity index (χ4n) is 2.66. The van der Waals surface area contributed by atoms with E-state index in [1.807, 2.05) is 25.2 Å². The molecule has 2 heteroatoms. The molecule has 0 aromatic heterocycles. The standard InChI is InChI=1S/C22H30O2/c1-7-24-21(23)16-18(3)11-8-10-17(2)13-14-20-19(4)12-9-15-22(20,5)6/h8-14,16H,7,15H2,1-6H3/b11-8+,14-13+,17-10-,18-16+. The first-order chi connectivity index (χ1) is 11.3. The van der Waals surface area contributed by atoms with Crippen LogP contribution in [0.15, 0.2) is 70.9 Å². The Morgan fingerprint density at radius 1 is 1.25 bits per heavy atom. The van der Waals surface area contributed by atoms with Crippen molar-refractivity contribution < 1.29 is 9.53 Å². The lowest BCUT2D eigenvalue weighted by molar-refractivity contribution is -0.137. The highest BCUT2D eigenvalue weighted by Gasteiger charge is 2.23. The van der Waals surface area contributed by atoms with Gasteiger partial charge >= 0.3 is 5.97 Å². The molecule has 0 radical (unpaired) electrons. The normalized spacial score (nSPS) is 18.8. The van der Waals surface area contributed by atoms with Gasteiger partial charge in [-0.1, -0.05) is 62.0 Å². The van der Waals surface area contributed by atoms with Crippen molar-refractivity contribution in [2.24, 2.45) is 5.41 Å². The van der Waals surface area contributed by atoms with Crippen LogP contribution in [0.1, 0.15) is 48.0 Å². The van der Waals surface area contributed by atoms with E-state index in [1.165, 1.54) is 22.8 Å². The molecule has 0 aromatic rings. The molecule has 0 fully saturated rings. The summed E-state index contributed by atoms with van der Waals surface area (Å²) in [4.78, 5) is 11.4. The van der Waals surface area contributed by atoms with Gasteiger partial charge in [-0.2, -0.15) is 0 Å². The number of esters is 1. The van der Waals surface area contributed by atoms with Gasteiger partial charge in [-0.05, 0) is 56.3 Å². The lowest BCUT2D eigenvalue weighted by Crippen LogP contribution is -2.16. The van der Waals surface area contributed by atoms with Crippen molar-refractivity contribution >= 4 is 5.97 Å². The van der Waals surface area contributed by atoms with Crippen LogP contribution < -0.4 is 0 Å². The summed E-state index contributed by atoms with van der Waals surface area (Å²) >= 11 is 0. The van der Waals surface area contributed by atoms with Crippen LogP contribution in [0.25, 0.3) is 0 Å². The maximum Gasteiger partial charge on any atom is 0.330 e. The van der Waals surface area contributed by atoms with Gasteiger partial charge < -0.3 is 4.74 Å². The van der Waals surface area contributed by atoms with Gasteiger partial charge in [0.1, 0.15) is 0 Å². The number of hydrogen-bond donors (Lipinski definition) is 0. The van der Waals surface area contributed by atoms with Crippen LogP contribution in [0.3, 0.4) is 0 Å². The number of allylic oxidation sites excluding steroid dienone is 11. The molecule has 24 heavy (non-hydrogen) atoms. The summed E-state index contributed by atoms with van der Waals surface area (Å²) in [5, 5.41) is 0. The van der Waals surface area contributed by atoms with E-state index in [1.54, 1.807) is 6.92 Å². The molecule has 0 aromatic carbocycles. The summed E-state index contributed by atoms with van der Waals surface area (Å²) in [6.45, 7) is 12.9. The van der Waals surface area contributed by atoms with Gasteiger partial charge in [0.25, 0.3) is 0 Å². The largest absolute Gasteiger partial charge is 0.463 e. The molecular weight excluding hydrogens is 296 g/mol. The molecule has 0 unspecified atom stereocenters. The third-order valence-corrected chi connectivity index (χ3v) is 4.01. The molecular formula is C22H30O2. The minimum absolute atomic E-state index is 0.185. The van der Waals surface area contributed by atoms with Gasteiger partial charge in [0.2, 0.25) is 0 Å². The molecule has 130 valence electrons. The second-order valence-electron chi connectivity index (χ2n) is 6.83. The van der Waals surface area contributed by atoms with E-state index in [0.29, 0.717) is 6.61 Å². The van der Waals surface area contributed by atoms with Crippen LogP contribution in [0, 0.1) is 5.41 Å². The maximum absolute atomic E-state index is 11.4. The fourth-order valence-corrected chi connectivity index (χ4v) is 2.66. The lowest BCUT2D eigenvalue weighted by atomic mass is 9.75. The zero-order valence-corrected chi connectivity index (χ0v) is 15.8. The van der Waals surface area contributed by atoms with Crippen molar-refractivity contribution in [3.05, 3.63) is 70.9 Å². The first-order valence-corrected chi connectivity index (χ1v) is 8.52. The highest BCUT2D eigenvalue weighted by atomic mass is 16.5. The number of carbonyl (C=O) groups is 1. The van der Waals surface area contributed by atoms with E-state index >= 15 is 0 Å². The first kappa shape index (κ1) is 20.0. The van der Waals surface area contributed by atoms with Crippen LogP contribution in [0.4, 0.5) is 0 Å². The number of hydrogen-bond acceptors (Lipinski definition) is 2. The lowest BCUT2D eigenvalue weighted by Gasteiger charge is -2.29. The number of carbonyl (C=O) groups excluding carboxylic acids is 1. The highest BCUT2D eigenvalue weighted by Crippen LogP contribution is 2.37. The molecule has 0 N–H and O–H groups in total. The molecule has 1 rings (SSSR count). The Kier molecular flexibility index (Phi) is 7.70. The predicted octanol–water partition coefficient (Wildman–Crippen LogP) is 5.86. The van der Waals surface area contributed by atoms with Gasteiger partial charge in [-0.25, -0.2) is 4.79 Å². The summed E-state index contributed by atoms with van der Waals surface area (Å²) in [5.41, 5.74) is 4.95. The smallest absolute Gasteiger partial charge is 0.330 e. The predicted molar refractivity (Wildman–Crippen MR) is 103 cm³/mol. The second kappa shape index (κ2) is 9.27. The molecule has 0 atom stereocenters. The van der Waals surface area contributed by atoms with Gasteiger partial charge in [0.15, 0.2) is 0 Å². The maximum atomic E-state index is 11.4. The second-order valence-corrected chi connectivity index (χ2v) is 6.83. The minimum Gasteiger partial charge on any atom is -0.463 e. The van der Waals surface area contributed by atoms with Crippen molar-refractivity contribution in [2.75, 3.05) is 6.61 Å². The molecule has 2 nitrogen and oxygen atoms in total. The van der Waals surface area contributed by atoms with Crippen molar-refractivity contribution in [1.82, 2.24) is 0 Å². The summed E-state index contributed by atoms with van der Waals surface area (Å²) in [6, 6.07) is 0. The molecule has 0 amide bonds. The van der Waals surface area contributed by atoms with Gasteiger partial charge in [-0.3, -0.25) is 0 Å². The summed E-state index contributed by atoms with van der Waals surface area (Å²) in [5.74, 6) is -0.296. The zero-order chi connectivity index (χ0) is 18.2. The fraction of sp³-hybridized carbons (Fsp3) is 0.409. The molecule has 1 aliphatic carbocycles. The van der Waals surface area contributed by atoms with Crippen molar-refractivity contribution in [3.8, 4) is 0 Å². The van der Waals surface area contributed by atoms with Crippen LogP contribution in [0.5, 0.6) is 0 Å². The monoisotopic (exact) mass is 326 g/mol. The Bertz CT molecular complexity index is 635. The molecule has 0 aliphatic heterocycles. The van der Waals surface area contributed by atoms with Crippen LogP contribution in [-0.2, 0) is 9.53 Å². The van der Waals surface area contributed by atoms with Crippen LogP contribution in [-0.4, -0.2) is 12.6 Å². The SMILES string of the molecule is CCOC(=O)/C=C(C)/C=C/C=C(C)\C=C\C1=C(C)C=CCC1(C)C. The van der Waals surface area contributed by atoms with Crippen molar-refractivity contribution in [3.63, 3.8) is 0 Å². The molecule has 0 saturated carbocycles. The number of ether oxygens (including phenoxy) is 1. The molecule has 0 heterocycles. The van der Waals surface area contributed by atoms with E-state index < -0.39 is 0 Å². The molecule has 1 aliphatic rings. The van der Waals surface area contributed by atoms with Crippen molar-refractivity contribution in [1.29, 1.82) is 0 Å². The van der Waals surface area contributed by atoms with E-state index in [9.17, 15) is 4.79 Å². The minimum atomic E-state index is -0.296. The average Bonchev–Trinajstić information content (AvgIpc) is 2.46. The highest BCUT2D eigenvalue weighted by molar-refractivity contribution is 5.83. The molecule has 0 bridgehead atoms. The third-order valence-electron chi connectivity index (χ3n) is 4.01. The van der Waals surface area contributed by atoms with E-state index in [-0.39, 0.29) is 11.4 Å². The van der Waals surface area contributed by atoms with Crippen LogP contribution >= 0.6 is 0 Å². The van der Waals surface area contributed by atoms with E-state index in [4.69, 9.17) is 4.74 Å². The van der Waals surface area contributed by atoms with Crippen LogP contribution in [0.2, 0.25) is 0 Å². The number of rotatable bonds is 6. The van der Waals surface area contributed by atoms with Gasteiger partial charge in [0.05, 0.1) is 6.61 Å².